The van der Waals surface area contributed by atoms with Crippen LogP contribution in [0.15, 0.2) is 55.1 Å². The van der Waals surface area contributed by atoms with Gasteiger partial charge in [0.15, 0.2) is 5.82 Å². The Morgan fingerprint density at radius 2 is 2.00 bits per heavy atom. The molecule has 0 radical (unpaired) electrons. The zero-order chi connectivity index (χ0) is 22.5. The summed E-state index contributed by atoms with van der Waals surface area (Å²) in [5.41, 5.74) is 1.32. The minimum Gasteiger partial charge on any atom is -0.465 e. The molecule has 0 saturated carbocycles. The molecule has 166 valence electrons. The quantitative estimate of drug-likeness (QED) is 0.492. The molecule has 2 aliphatic rings. The number of hydrogen-bond donors (Lipinski definition) is 2. The predicted molar refractivity (Wildman–Crippen MR) is 118 cm³/mol. The van der Waals surface area contributed by atoms with Crippen molar-refractivity contribution >= 4 is 34.4 Å². The van der Waals surface area contributed by atoms with Gasteiger partial charge in [-0.1, -0.05) is 0 Å². The van der Waals surface area contributed by atoms with Crippen molar-refractivity contribution in [1.29, 1.82) is 0 Å². The number of piperazine rings is 1. The van der Waals surface area contributed by atoms with Gasteiger partial charge in [-0.05, 0) is 24.6 Å². The Morgan fingerprint density at radius 1 is 1.09 bits per heavy atom. The maximum absolute atomic E-state index is 14.1. The number of rotatable bonds is 4. The van der Waals surface area contributed by atoms with E-state index < -0.39 is 6.09 Å². The van der Waals surface area contributed by atoms with Gasteiger partial charge in [0.05, 0.1) is 29.5 Å². The van der Waals surface area contributed by atoms with E-state index in [2.05, 4.69) is 30.3 Å². The second kappa shape index (κ2) is 7.40. The number of nitrogens with zero attached hydrogens (tertiary/aromatic N) is 7. The first kappa shape index (κ1) is 19.4. The van der Waals surface area contributed by atoms with Gasteiger partial charge in [0.25, 0.3) is 0 Å². The van der Waals surface area contributed by atoms with Crippen LogP contribution in [0.1, 0.15) is 6.42 Å². The first-order chi connectivity index (χ1) is 16.1. The van der Waals surface area contributed by atoms with Crippen molar-refractivity contribution in [3.8, 4) is 5.69 Å². The summed E-state index contributed by atoms with van der Waals surface area (Å²) < 4.78 is 15.8. The van der Waals surface area contributed by atoms with E-state index in [-0.39, 0.29) is 17.9 Å². The fourth-order valence-electron chi connectivity index (χ4n) is 4.74. The standard InChI is InChI=1S/C22H19FN8O2/c23-13-1-2-17-18(7-13)31(28-21(17)27-19-10-24-5-6-25-19)14-3-4-26-20(9-14)29-11-16-8-15(29)12-30(16)22(32)33/h1-7,9-10,15-16H,8,11-12H2,(H,32,33)(H,25,27,28)/t15-,16-/m0/s1. The number of aromatic nitrogens is 5. The van der Waals surface area contributed by atoms with Crippen molar-refractivity contribution in [3.05, 3.63) is 60.9 Å². The number of pyridine rings is 1. The van der Waals surface area contributed by atoms with Gasteiger partial charge in [0.1, 0.15) is 17.5 Å². The van der Waals surface area contributed by atoms with E-state index in [4.69, 9.17) is 0 Å². The Balaban J connectivity index is 1.37. The molecule has 2 fully saturated rings. The molecule has 2 N–H and O–H groups in total. The van der Waals surface area contributed by atoms with Gasteiger partial charge in [0, 0.05) is 49.2 Å². The molecule has 0 spiro atoms. The normalized spacial score (nSPS) is 19.4. The van der Waals surface area contributed by atoms with Crippen molar-refractivity contribution in [2.24, 2.45) is 0 Å². The van der Waals surface area contributed by atoms with Crippen LogP contribution in [0.25, 0.3) is 16.6 Å². The molecule has 6 rings (SSSR count). The molecule has 0 aliphatic carbocycles. The van der Waals surface area contributed by atoms with E-state index in [9.17, 15) is 14.3 Å². The second-order valence-electron chi connectivity index (χ2n) is 8.14. The van der Waals surface area contributed by atoms with E-state index >= 15 is 0 Å². The third-order valence-electron chi connectivity index (χ3n) is 6.21. The number of halogens is 1. The number of carbonyl (C=O) groups is 1. The van der Waals surface area contributed by atoms with Crippen molar-refractivity contribution < 1.29 is 14.3 Å². The molecule has 2 bridgehead atoms. The van der Waals surface area contributed by atoms with E-state index in [1.807, 2.05) is 12.1 Å². The number of carboxylic acid groups (broad SMARTS) is 1. The molecular formula is C22H19FN8O2. The molecule has 0 unspecified atom stereocenters. The lowest BCUT2D eigenvalue weighted by atomic mass is 10.2. The number of anilines is 3. The molecule has 33 heavy (non-hydrogen) atoms. The fourth-order valence-corrected chi connectivity index (χ4v) is 4.74. The Bertz CT molecular complexity index is 1360. The van der Waals surface area contributed by atoms with Crippen LogP contribution in [0.5, 0.6) is 0 Å². The molecular weight excluding hydrogens is 427 g/mol. The lowest BCUT2D eigenvalue weighted by Crippen LogP contribution is -2.48. The van der Waals surface area contributed by atoms with Crippen molar-refractivity contribution in [2.75, 3.05) is 23.3 Å². The Morgan fingerprint density at radius 3 is 2.76 bits per heavy atom. The lowest BCUT2D eigenvalue weighted by molar-refractivity contribution is 0.137. The van der Waals surface area contributed by atoms with Crippen LogP contribution >= 0.6 is 0 Å². The highest BCUT2D eigenvalue weighted by molar-refractivity contribution is 5.92. The van der Waals surface area contributed by atoms with Crippen LogP contribution in [0, 0.1) is 5.82 Å². The highest BCUT2D eigenvalue weighted by atomic mass is 19.1. The zero-order valence-electron chi connectivity index (χ0n) is 17.3. The van der Waals surface area contributed by atoms with Crippen LogP contribution in [0.4, 0.5) is 26.6 Å². The lowest BCUT2D eigenvalue weighted by Gasteiger charge is -2.33. The van der Waals surface area contributed by atoms with Crippen LogP contribution in [-0.4, -0.2) is 66.0 Å². The van der Waals surface area contributed by atoms with Gasteiger partial charge in [0.2, 0.25) is 0 Å². The van der Waals surface area contributed by atoms with Crippen molar-refractivity contribution in [2.45, 2.75) is 18.5 Å². The molecule has 10 nitrogen and oxygen atoms in total. The molecule has 3 aromatic heterocycles. The molecule has 5 heterocycles. The summed E-state index contributed by atoms with van der Waals surface area (Å²) in [5.74, 6) is 1.43. The van der Waals surface area contributed by atoms with Gasteiger partial charge in [-0.2, -0.15) is 0 Å². The monoisotopic (exact) mass is 446 g/mol. The predicted octanol–water partition coefficient (Wildman–Crippen LogP) is 3.03. The highest BCUT2D eigenvalue weighted by Gasteiger charge is 2.45. The highest BCUT2D eigenvalue weighted by Crippen LogP contribution is 2.35. The summed E-state index contributed by atoms with van der Waals surface area (Å²) in [5, 5.41) is 17.9. The number of amides is 1. The second-order valence-corrected chi connectivity index (χ2v) is 8.14. The van der Waals surface area contributed by atoms with Crippen molar-refractivity contribution in [3.63, 3.8) is 0 Å². The van der Waals surface area contributed by atoms with Crippen LogP contribution in [0.3, 0.4) is 0 Å². The summed E-state index contributed by atoms with van der Waals surface area (Å²) in [4.78, 5) is 27.8. The van der Waals surface area contributed by atoms with E-state index in [0.717, 1.165) is 23.3 Å². The third-order valence-corrected chi connectivity index (χ3v) is 6.21. The zero-order valence-corrected chi connectivity index (χ0v) is 17.3. The first-order valence-electron chi connectivity index (χ1n) is 10.5. The third kappa shape index (κ3) is 3.28. The number of benzene rings is 1. The Kier molecular flexibility index (Phi) is 4.35. The average molecular weight is 446 g/mol. The van der Waals surface area contributed by atoms with Crippen LogP contribution in [0.2, 0.25) is 0 Å². The molecule has 4 aromatic rings. The summed E-state index contributed by atoms with van der Waals surface area (Å²) in [6.07, 6.45) is 6.34. The molecule has 1 amide bonds. The SMILES string of the molecule is O=C(O)N1C[C@@H]2C[C@H]1CN2c1cc(-n2nc(Nc3cnccn3)c3ccc(F)cc32)ccn1. The molecule has 1 aromatic carbocycles. The van der Waals surface area contributed by atoms with Gasteiger partial charge in [-0.15, -0.1) is 5.10 Å². The number of likely N-dealkylation sites (tertiary alicyclic amines) is 1. The summed E-state index contributed by atoms with van der Waals surface area (Å²) in [7, 11) is 0. The largest absolute Gasteiger partial charge is 0.465 e. The summed E-state index contributed by atoms with van der Waals surface area (Å²) in [6.45, 7) is 1.06. The Labute approximate surface area is 187 Å². The minimum atomic E-state index is -0.878. The first-order valence-corrected chi connectivity index (χ1v) is 10.5. The molecule has 11 heteroatoms. The van der Waals surface area contributed by atoms with Gasteiger partial charge < -0.3 is 20.2 Å². The number of nitrogens with one attached hydrogen (secondary N) is 1. The van der Waals surface area contributed by atoms with Crippen molar-refractivity contribution in [1.82, 2.24) is 29.6 Å². The van der Waals surface area contributed by atoms with Gasteiger partial charge in [-0.25, -0.2) is 23.8 Å². The van der Waals surface area contributed by atoms with E-state index in [1.54, 1.807) is 35.5 Å². The topological polar surface area (TPSA) is 112 Å². The summed E-state index contributed by atoms with van der Waals surface area (Å²) >= 11 is 0. The minimum absolute atomic E-state index is 0.0274. The fraction of sp³-hybridized carbons (Fsp3) is 0.227. The molecule has 2 aliphatic heterocycles. The maximum Gasteiger partial charge on any atom is 0.407 e. The number of hydrogen-bond acceptors (Lipinski definition) is 7. The van der Waals surface area contributed by atoms with Crippen LogP contribution < -0.4 is 10.2 Å². The Hall–Kier alpha value is -4.28. The van der Waals surface area contributed by atoms with Gasteiger partial charge >= 0.3 is 6.09 Å². The average Bonchev–Trinajstić information content (AvgIpc) is 3.53. The van der Waals surface area contributed by atoms with Gasteiger partial charge in [-0.3, -0.25) is 4.98 Å². The molecule has 2 atom stereocenters. The molecule has 2 saturated heterocycles. The maximum atomic E-state index is 14.1. The smallest absolute Gasteiger partial charge is 0.407 e. The summed E-state index contributed by atoms with van der Waals surface area (Å²) in [6, 6.07) is 8.28. The van der Waals surface area contributed by atoms with E-state index in [1.165, 1.54) is 17.0 Å². The number of fused-ring (bicyclic) bond motifs is 3. The van der Waals surface area contributed by atoms with Crippen LogP contribution in [-0.2, 0) is 0 Å². The van der Waals surface area contributed by atoms with E-state index in [0.29, 0.717) is 30.2 Å².